The lowest BCUT2D eigenvalue weighted by Gasteiger charge is -2.04. The Hall–Kier alpha value is -1.96. The number of sulfone groups is 1. The summed E-state index contributed by atoms with van der Waals surface area (Å²) in [5, 5.41) is 3.68. The molecule has 3 rings (SSSR count). The zero-order chi connectivity index (χ0) is 17.9. The Bertz CT molecular complexity index is 1000. The zero-order valence-corrected chi connectivity index (χ0v) is 15.5. The first-order valence-electron chi connectivity index (χ1n) is 7.52. The average Bonchev–Trinajstić information content (AvgIpc) is 2.95. The molecule has 0 radical (unpaired) electrons. The molecule has 8 heteroatoms. The van der Waals surface area contributed by atoms with Crippen molar-refractivity contribution in [2.24, 2.45) is 0 Å². The van der Waals surface area contributed by atoms with Gasteiger partial charge in [0.1, 0.15) is 0 Å². The summed E-state index contributed by atoms with van der Waals surface area (Å²) < 4.78 is 25.1. The summed E-state index contributed by atoms with van der Waals surface area (Å²) in [5.74, 6) is -0.646. The fourth-order valence-electron chi connectivity index (χ4n) is 2.28. The molecule has 5 nitrogen and oxygen atoms in total. The predicted molar refractivity (Wildman–Crippen MR) is 102 cm³/mol. The van der Waals surface area contributed by atoms with E-state index in [1.165, 1.54) is 11.3 Å². The maximum atomic E-state index is 12.1. The number of carbonyl (C=O) groups excluding carboxylic acids is 1. The van der Waals surface area contributed by atoms with Crippen LogP contribution < -0.4 is 5.32 Å². The van der Waals surface area contributed by atoms with Gasteiger partial charge in [0.15, 0.2) is 15.0 Å². The summed E-state index contributed by atoms with van der Waals surface area (Å²) >= 11 is 7.22. The molecule has 0 aliphatic rings. The highest BCUT2D eigenvalue weighted by molar-refractivity contribution is 7.90. The molecule has 0 unspecified atom stereocenters. The van der Waals surface area contributed by atoms with Gasteiger partial charge in [0.2, 0.25) is 5.91 Å². The van der Waals surface area contributed by atoms with Gasteiger partial charge in [0, 0.05) is 11.4 Å². The third kappa shape index (κ3) is 5.01. The van der Waals surface area contributed by atoms with E-state index in [4.69, 9.17) is 11.6 Å². The molecule has 130 valence electrons. The van der Waals surface area contributed by atoms with Crippen LogP contribution in [0.1, 0.15) is 12.0 Å². The summed E-state index contributed by atoms with van der Waals surface area (Å²) in [6.45, 7) is 0. The number of benzene rings is 2. The lowest BCUT2D eigenvalue weighted by Crippen LogP contribution is -2.18. The van der Waals surface area contributed by atoms with Crippen molar-refractivity contribution in [3.8, 4) is 0 Å². The number of carbonyl (C=O) groups is 1. The van der Waals surface area contributed by atoms with Gasteiger partial charge in [-0.3, -0.25) is 4.79 Å². The van der Waals surface area contributed by atoms with E-state index in [0.29, 0.717) is 15.7 Å². The van der Waals surface area contributed by atoms with Crippen molar-refractivity contribution >= 4 is 54.0 Å². The highest BCUT2D eigenvalue weighted by Gasteiger charge is 2.15. The van der Waals surface area contributed by atoms with Crippen LogP contribution in [0.25, 0.3) is 10.2 Å². The largest absolute Gasteiger partial charge is 0.302 e. The molecule has 0 saturated heterocycles. The van der Waals surface area contributed by atoms with E-state index < -0.39 is 9.84 Å². The molecule has 2 aromatic carbocycles. The first-order chi connectivity index (χ1) is 11.9. The summed E-state index contributed by atoms with van der Waals surface area (Å²) in [7, 11) is -3.35. The van der Waals surface area contributed by atoms with Crippen molar-refractivity contribution in [3.05, 3.63) is 59.1 Å². The molecule has 0 aliphatic carbocycles. The Morgan fingerprint density at radius 2 is 1.92 bits per heavy atom. The van der Waals surface area contributed by atoms with Crippen LogP contribution in [-0.2, 0) is 20.4 Å². The number of anilines is 1. The number of fused-ring (bicyclic) bond motifs is 1. The second-order valence-corrected chi connectivity index (χ2v) is 9.16. The SMILES string of the molecule is O=C(CCS(=O)(=O)Cc1ccccc1)Nc1nc2ccc(Cl)cc2s1. The lowest BCUT2D eigenvalue weighted by atomic mass is 10.2. The van der Waals surface area contributed by atoms with Gasteiger partial charge in [-0.2, -0.15) is 0 Å². The van der Waals surface area contributed by atoms with Crippen LogP contribution in [0.2, 0.25) is 5.02 Å². The van der Waals surface area contributed by atoms with E-state index in [9.17, 15) is 13.2 Å². The van der Waals surface area contributed by atoms with Gasteiger partial charge < -0.3 is 5.32 Å². The normalized spacial score (nSPS) is 11.6. The number of nitrogens with one attached hydrogen (secondary N) is 1. The summed E-state index contributed by atoms with van der Waals surface area (Å²) in [5.41, 5.74) is 1.45. The van der Waals surface area contributed by atoms with E-state index in [1.54, 1.807) is 42.5 Å². The van der Waals surface area contributed by atoms with E-state index in [0.717, 1.165) is 10.2 Å². The summed E-state index contributed by atoms with van der Waals surface area (Å²) in [6.07, 6.45) is -0.105. The number of halogens is 1. The number of thiazole rings is 1. The molecular weight excluding hydrogens is 380 g/mol. The first-order valence-corrected chi connectivity index (χ1v) is 10.5. The Kier molecular flexibility index (Phi) is 5.36. The molecule has 3 aromatic rings. The average molecular weight is 395 g/mol. The number of nitrogens with zero attached hydrogens (tertiary/aromatic N) is 1. The first kappa shape index (κ1) is 17.8. The van der Waals surface area contributed by atoms with Gasteiger partial charge >= 0.3 is 0 Å². The minimum Gasteiger partial charge on any atom is -0.302 e. The second-order valence-electron chi connectivity index (χ2n) is 5.51. The summed E-state index contributed by atoms with van der Waals surface area (Å²) in [4.78, 5) is 16.3. The molecule has 0 bridgehead atoms. The van der Waals surface area contributed by atoms with Crippen LogP contribution in [0.3, 0.4) is 0 Å². The van der Waals surface area contributed by atoms with Crippen molar-refractivity contribution < 1.29 is 13.2 Å². The topological polar surface area (TPSA) is 76.1 Å². The predicted octanol–water partition coefficient (Wildman–Crippen LogP) is 3.89. The van der Waals surface area contributed by atoms with Crippen molar-refractivity contribution in [2.45, 2.75) is 12.2 Å². The fraction of sp³-hybridized carbons (Fsp3) is 0.176. The van der Waals surface area contributed by atoms with Crippen LogP contribution in [0.5, 0.6) is 0 Å². The number of hydrogen-bond donors (Lipinski definition) is 1. The molecule has 1 heterocycles. The third-order valence-electron chi connectivity index (χ3n) is 3.47. The van der Waals surface area contributed by atoms with Crippen molar-refractivity contribution in [2.75, 3.05) is 11.1 Å². The number of amides is 1. The maximum absolute atomic E-state index is 12.1. The van der Waals surface area contributed by atoms with Crippen LogP contribution in [0.15, 0.2) is 48.5 Å². The Labute approximate surface area is 154 Å². The maximum Gasteiger partial charge on any atom is 0.227 e. The minimum absolute atomic E-state index is 0.0687. The Balaban J connectivity index is 1.58. The molecule has 1 N–H and O–H groups in total. The van der Waals surface area contributed by atoms with E-state index in [1.807, 2.05) is 6.07 Å². The molecule has 0 aliphatic heterocycles. The second kappa shape index (κ2) is 7.51. The van der Waals surface area contributed by atoms with Gasteiger partial charge in [-0.15, -0.1) is 0 Å². The minimum atomic E-state index is -3.35. The van der Waals surface area contributed by atoms with E-state index >= 15 is 0 Å². The quantitative estimate of drug-likeness (QED) is 0.688. The molecule has 1 aromatic heterocycles. The molecule has 1 amide bonds. The monoisotopic (exact) mass is 394 g/mol. The highest BCUT2D eigenvalue weighted by atomic mass is 35.5. The van der Waals surface area contributed by atoms with E-state index in [2.05, 4.69) is 10.3 Å². The third-order valence-corrected chi connectivity index (χ3v) is 6.23. The van der Waals surface area contributed by atoms with Crippen molar-refractivity contribution in [3.63, 3.8) is 0 Å². The van der Waals surface area contributed by atoms with Gasteiger partial charge in [-0.1, -0.05) is 53.3 Å². The zero-order valence-electron chi connectivity index (χ0n) is 13.1. The van der Waals surface area contributed by atoms with E-state index in [-0.39, 0.29) is 23.8 Å². The van der Waals surface area contributed by atoms with Crippen LogP contribution in [0, 0.1) is 0 Å². The van der Waals surface area contributed by atoms with Gasteiger partial charge in [-0.25, -0.2) is 13.4 Å². The Morgan fingerprint density at radius 1 is 1.16 bits per heavy atom. The molecule has 25 heavy (non-hydrogen) atoms. The number of aromatic nitrogens is 1. The van der Waals surface area contributed by atoms with Crippen LogP contribution in [0.4, 0.5) is 5.13 Å². The molecule has 0 spiro atoms. The molecular formula is C17H15ClN2O3S2. The van der Waals surface area contributed by atoms with Crippen molar-refractivity contribution in [1.29, 1.82) is 0 Å². The molecule has 0 atom stereocenters. The number of hydrogen-bond acceptors (Lipinski definition) is 5. The number of rotatable bonds is 6. The van der Waals surface area contributed by atoms with Crippen LogP contribution >= 0.6 is 22.9 Å². The highest BCUT2D eigenvalue weighted by Crippen LogP contribution is 2.28. The molecule has 0 fully saturated rings. The smallest absolute Gasteiger partial charge is 0.227 e. The van der Waals surface area contributed by atoms with Gasteiger partial charge in [0.05, 0.1) is 21.7 Å². The summed E-state index contributed by atoms with van der Waals surface area (Å²) in [6, 6.07) is 14.2. The van der Waals surface area contributed by atoms with Gasteiger partial charge in [0.25, 0.3) is 0 Å². The lowest BCUT2D eigenvalue weighted by molar-refractivity contribution is -0.115. The Morgan fingerprint density at radius 3 is 2.68 bits per heavy atom. The van der Waals surface area contributed by atoms with Crippen LogP contribution in [-0.4, -0.2) is 25.1 Å². The van der Waals surface area contributed by atoms with Crippen molar-refractivity contribution in [1.82, 2.24) is 4.98 Å². The molecule has 0 saturated carbocycles. The standard InChI is InChI=1S/C17H15ClN2O3S2/c18-13-6-7-14-15(10-13)24-17(19-14)20-16(21)8-9-25(22,23)11-12-4-2-1-3-5-12/h1-7,10H,8-9,11H2,(H,19,20,21). The van der Waals surface area contributed by atoms with Gasteiger partial charge in [-0.05, 0) is 23.8 Å². The fourth-order valence-corrected chi connectivity index (χ4v) is 4.78.